The van der Waals surface area contributed by atoms with Crippen LogP contribution in [0.2, 0.25) is 0 Å². The van der Waals surface area contributed by atoms with E-state index in [9.17, 15) is 0 Å². The largest absolute Gasteiger partial charge is 0.367 e. The Labute approximate surface area is 127 Å². The number of nitrogens with zero attached hydrogens (tertiary/aromatic N) is 2. The summed E-state index contributed by atoms with van der Waals surface area (Å²) in [5.74, 6) is 0. The van der Waals surface area contributed by atoms with Gasteiger partial charge in [-0.1, -0.05) is 24.4 Å². The number of piperidine rings is 2. The van der Waals surface area contributed by atoms with Crippen molar-refractivity contribution in [2.75, 3.05) is 39.4 Å². The zero-order chi connectivity index (χ0) is 13.5. The fraction of sp³-hybridized carbons (Fsp3) is 0.857. The number of hydrogen-bond donors (Lipinski definition) is 0. The second-order valence-electron chi connectivity index (χ2n) is 5.38. The van der Waals surface area contributed by atoms with Crippen LogP contribution in [0, 0.1) is 0 Å². The first-order chi connectivity index (χ1) is 9.27. The molecule has 2 rings (SSSR count). The van der Waals surface area contributed by atoms with Crippen molar-refractivity contribution >= 4 is 34.4 Å². The van der Waals surface area contributed by atoms with Crippen molar-refractivity contribution in [2.45, 2.75) is 38.5 Å². The van der Waals surface area contributed by atoms with Gasteiger partial charge >= 0.3 is 0 Å². The van der Waals surface area contributed by atoms with Gasteiger partial charge in [-0.05, 0) is 38.5 Å². The number of thiocarbonyl (C=S) groups is 2. The molecule has 2 heterocycles. The SMILES string of the molecule is S=C(COCC(=S)N1CCCCC1)N1CCCCC1. The fourth-order valence-electron chi connectivity index (χ4n) is 2.69. The van der Waals surface area contributed by atoms with Gasteiger partial charge in [-0.15, -0.1) is 0 Å². The Morgan fingerprint density at radius 1 is 0.684 bits per heavy atom. The van der Waals surface area contributed by atoms with Crippen LogP contribution in [0.3, 0.4) is 0 Å². The first kappa shape index (κ1) is 15.1. The van der Waals surface area contributed by atoms with E-state index in [0.29, 0.717) is 13.2 Å². The molecule has 0 spiro atoms. The van der Waals surface area contributed by atoms with Crippen LogP contribution in [0.4, 0.5) is 0 Å². The normalized spacial score (nSPS) is 20.4. The lowest BCUT2D eigenvalue weighted by Gasteiger charge is -2.30. The van der Waals surface area contributed by atoms with E-state index in [1.54, 1.807) is 0 Å². The van der Waals surface area contributed by atoms with Crippen LogP contribution in [0.5, 0.6) is 0 Å². The van der Waals surface area contributed by atoms with Crippen molar-refractivity contribution in [1.29, 1.82) is 0 Å². The molecule has 0 saturated carbocycles. The lowest BCUT2D eigenvalue weighted by atomic mass is 10.1. The molecule has 3 nitrogen and oxygen atoms in total. The summed E-state index contributed by atoms with van der Waals surface area (Å²) in [6, 6.07) is 0. The second kappa shape index (κ2) is 8.12. The number of rotatable bonds is 4. The van der Waals surface area contributed by atoms with Crippen molar-refractivity contribution < 1.29 is 4.74 Å². The summed E-state index contributed by atoms with van der Waals surface area (Å²) in [4.78, 5) is 6.45. The highest BCUT2D eigenvalue weighted by atomic mass is 32.1. The summed E-state index contributed by atoms with van der Waals surface area (Å²) in [6.45, 7) is 5.47. The van der Waals surface area contributed by atoms with E-state index in [-0.39, 0.29) is 0 Å². The first-order valence-electron chi connectivity index (χ1n) is 7.40. The van der Waals surface area contributed by atoms with Crippen molar-refractivity contribution in [1.82, 2.24) is 9.80 Å². The summed E-state index contributed by atoms with van der Waals surface area (Å²) < 4.78 is 5.70. The van der Waals surface area contributed by atoms with Gasteiger partial charge in [-0.3, -0.25) is 0 Å². The zero-order valence-corrected chi connectivity index (χ0v) is 13.2. The third kappa shape index (κ3) is 4.97. The summed E-state index contributed by atoms with van der Waals surface area (Å²) in [5.41, 5.74) is 0. The van der Waals surface area contributed by atoms with Crippen LogP contribution in [0.1, 0.15) is 38.5 Å². The molecule has 0 amide bonds. The molecular formula is C14H24N2OS2. The van der Waals surface area contributed by atoms with Gasteiger partial charge in [0, 0.05) is 26.2 Å². The molecule has 2 saturated heterocycles. The molecule has 2 aliphatic rings. The minimum absolute atomic E-state index is 0.545. The van der Waals surface area contributed by atoms with Crippen LogP contribution >= 0.6 is 24.4 Å². The molecule has 0 radical (unpaired) electrons. The average molecular weight is 300 g/mol. The maximum Gasteiger partial charge on any atom is 0.104 e. The van der Waals surface area contributed by atoms with Crippen molar-refractivity contribution in [3.05, 3.63) is 0 Å². The Bertz CT molecular complexity index is 281. The molecule has 2 fully saturated rings. The van der Waals surface area contributed by atoms with Gasteiger partial charge in [0.15, 0.2) is 0 Å². The second-order valence-corrected chi connectivity index (χ2v) is 6.32. The zero-order valence-electron chi connectivity index (χ0n) is 11.6. The van der Waals surface area contributed by atoms with Crippen LogP contribution in [-0.2, 0) is 4.74 Å². The Balaban J connectivity index is 1.62. The van der Waals surface area contributed by atoms with Gasteiger partial charge in [-0.25, -0.2) is 0 Å². The Hall–Kier alpha value is -0.260. The Morgan fingerprint density at radius 3 is 1.42 bits per heavy atom. The molecule has 0 atom stereocenters. The number of likely N-dealkylation sites (tertiary alicyclic amines) is 2. The standard InChI is InChI=1S/C14H24N2OS2/c18-13(15-7-3-1-4-8-15)11-17-12-14(19)16-9-5-2-6-10-16/h1-12H2. The monoisotopic (exact) mass is 300 g/mol. The molecule has 0 aliphatic carbocycles. The van der Waals surface area contributed by atoms with Crippen LogP contribution < -0.4 is 0 Å². The molecule has 2 aliphatic heterocycles. The highest BCUT2D eigenvalue weighted by Crippen LogP contribution is 2.11. The van der Waals surface area contributed by atoms with E-state index in [4.69, 9.17) is 29.2 Å². The van der Waals surface area contributed by atoms with E-state index in [1.807, 2.05) is 0 Å². The van der Waals surface area contributed by atoms with Crippen LogP contribution in [0.25, 0.3) is 0 Å². The minimum atomic E-state index is 0.545. The van der Waals surface area contributed by atoms with Gasteiger partial charge in [0.2, 0.25) is 0 Å². The van der Waals surface area contributed by atoms with Crippen LogP contribution in [0.15, 0.2) is 0 Å². The summed E-state index contributed by atoms with van der Waals surface area (Å²) >= 11 is 10.9. The van der Waals surface area contributed by atoms with Gasteiger partial charge < -0.3 is 14.5 Å². The van der Waals surface area contributed by atoms with E-state index in [0.717, 1.165) is 36.2 Å². The highest BCUT2D eigenvalue weighted by Gasteiger charge is 2.15. The van der Waals surface area contributed by atoms with E-state index in [1.165, 1.54) is 38.5 Å². The molecule has 5 heteroatoms. The molecule has 0 bridgehead atoms. The predicted octanol–water partition coefficient (Wildman–Crippen LogP) is 2.63. The quantitative estimate of drug-likeness (QED) is 0.740. The lowest BCUT2D eigenvalue weighted by molar-refractivity contribution is 0.190. The molecule has 19 heavy (non-hydrogen) atoms. The molecule has 0 aromatic rings. The van der Waals surface area contributed by atoms with Crippen molar-refractivity contribution in [2.24, 2.45) is 0 Å². The maximum atomic E-state index is 5.70. The smallest absolute Gasteiger partial charge is 0.104 e. The minimum Gasteiger partial charge on any atom is -0.367 e. The van der Waals surface area contributed by atoms with Crippen LogP contribution in [-0.4, -0.2) is 59.2 Å². The van der Waals surface area contributed by atoms with Gasteiger partial charge in [0.1, 0.15) is 9.98 Å². The molecule has 0 N–H and O–H groups in total. The first-order valence-corrected chi connectivity index (χ1v) is 8.22. The lowest BCUT2D eigenvalue weighted by Crippen LogP contribution is -2.39. The molecular weight excluding hydrogens is 276 g/mol. The van der Waals surface area contributed by atoms with E-state index >= 15 is 0 Å². The third-order valence-electron chi connectivity index (χ3n) is 3.87. The van der Waals surface area contributed by atoms with Gasteiger partial charge in [0.05, 0.1) is 13.2 Å². The molecule has 0 unspecified atom stereocenters. The maximum absolute atomic E-state index is 5.70. The Morgan fingerprint density at radius 2 is 1.05 bits per heavy atom. The third-order valence-corrected chi connectivity index (χ3v) is 4.62. The van der Waals surface area contributed by atoms with E-state index in [2.05, 4.69) is 9.80 Å². The summed E-state index contributed by atoms with van der Waals surface area (Å²) in [7, 11) is 0. The molecule has 0 aromatic heterocycles. The van der Waals surface area contributed by atoms with Gasteiger partial charge in [0.25, 0.3) is 0 Å². The highest BCUT2D eigenvalue weighted by molar-refractivity contribution is 7.80. The predicted molar refractivity (Wildman–Crippen MR) is 86.9 cm³/mol. The number of ether oxygens (including phenoxy) is 1. The van der Waals surface area contributed by atoms with Gasteiger partial charge in [-0.2, -0.15) is 0 Å². The molecule has 0 aromatic carbocycles. The summed E-state index contributed by atoms with van der Waals surface area (Å²) in [5, 5.41) is 0. The number of hydrogen-bond acceptors (Lipinski definition) is 3. The van der Waals surface area contributed by atoms with Crippen molar-refractivity contribution in [3.8, 4) is 0 Å². The fourth-order valence-corrected chi connectivity index (χ4v) is 3.23. The average Bonchev–Trinajstić information content (AvgIpc) is 2.49. The van der Waals surface area contributed by atoms with E-state index < -0.39 is 0 Å². The van der Waals surface area contributed by atoms with Crippen molar-refractivity contribution in [3.63, 3.8) is 0 Å². The Kier molecular flexibility index (Phi) is 6.47. The summed E-state index contributed by atoms with van der Waals surface area (Å²) in [6.07, 6.45) is 7.69. The topological polar surface area (TPSA) is 15.7 Å². The molecule has 108 valence electrons.